The van der Waals surface area contributed by atoms with Crippen LogP contribution in [-0.2, 0) is 0 Å². The first kappa shape index (κ1) is 8.08. The van der Waals surface area contributed by atoms with Crippen LogP contribution in [-0.4, -0.2) is 5.16 Å². The third-order valence-electron chi connectivity index (χ3n) is 1.67. The number of aromatic nitrogens is 1. The van der Waals surface area contributed by atoms with Gasteiger partial charge in [-0.1, -0.05) is 16.8 Å². The van der Waals surface area contributed by atoms with Crippen LogP contribution in [0, 0.1) is 6.92 Å². The largest absolute Gasteiger partial charge is 0.355 e. The number of benzene rings is 1. The van der Waals surface area contributed by atoms with Gasteiger partial charge < -0.3 is 4.52 Å². The van der Waals surface area contributed by atoms with Crippen molar-refractivity contribution < 1.29 is 4.52 Å². The molecule has 0 spiro atoms. The van der Waals surface area contributed by atoms with Crippen LogP contribution in [0.25, 0.3) is 11.0 Å². The Bertz CT molecular complexity index is 438. The van der Waals surface area contributed by atoms with E-state index in [2.05, 4.69) is 21.1 Å². The van der Waals surface area contributed by atoms with Crippen molar-refractivity contribution in [3.05, 3.63) is 27.3 Å². The molecule has 0 aliphatic carbocycles. The molecular weight excluding hydrogens is 241 g/mol. The van der Waals surface area contributed by atoms with Crippen molar-refractivity contribution in [1.82, 2.24) is 5.16 Å². The van der Waals surface area contributed by atoms with Crippen LogP contribution >= 0.6 is 27.5 Å². The average molecular weight is 246 g/mol. The van der Waals surface area contributed by atoms with Crippen LogP contribution in [0.3, 0.4) is 0 Å². The van der Waals surface area contributed by atoms with Gasteiger partial charge in [-0.3, -0.25) is 0 Å². The molecule has 0 N–H and O–H groups in total. The number of aryl methyl sites for hydroxylation is 1. The van der Waals surface area contributed by atoms with Crippen LogP contribution in [0.1, 0.15) is 5.69 Å². The Balaban J connectivity index is 2.92. The molecule has 0 atom stereocenters. The molecule has 2 aromatic rings. The van der Waals surface area contributed by atoms with Gasteiger partial charge in [-0.15, -0.1) is 0 Å². The second-order valence-electron chi connectivity index (χ2n) is 2.53. The molecule has 0 saturated carbocycles. The van der Waals surface area contributed by atoms with Crippen molar-refractivity contribution in [2.75, 3.05) is 0 Å². The molecule has 1 aromatic carbocycles. The van der Waals surface area contributed by atoms with Gasteiger partial charge in [-0.25, -0.2) is 0 Å². The fourth-order valence-corrected chi connectivity index (χ4v) is 1.97. The number of hydrogen-bond acceptors (Lipinski definition) is 2. The fourth-order valence-electron chi connectivity index (χ4n) is 1.09. The summed E-state index contributed by atoms with van der Waals surface area (Å²) in [6, 6.07) is 3.63. The summed E-state index contributed by atoms with van der Waals surface area (Å²) in [6.45, 7) is 1.88. The minimum absolute atomic E-state index is 0.681. The Morgan fingerprint density at radius 2 is 2.25 bits per heavy atom. The number of hydrogen-bond donors (Lipinski definition) is 0. The zero-order valence-corrected chi connectivity index (χ0v) is 8.61. The molecule has 12 heavy (non-hydrogen) atoms. The van der Waals surface area contributed by atoms with E-state index in [0.29, 0.717) is 5.02 Å². The lowest BCUT2D eigenvalue weighted by Crippen LogP contribution is -1.71. The molecular formula is C8H5BrClNO. The van der Waals surface area contributed by atoms with E-state index in [-0.39, 0.29) is 0 Å². The Hall–Kier alpha value is -0.540. The van der Waals surface area contributed by atoms with Gasteiger partial charge in [-0.05, 0) is 35.0 Å². The Labute approximate surface area is 82.6 Å². The van der Waals surface area contributed by atoms with Crippen LogP contribution in [0.4, 0.5) is 0 Å². The highest BCUT2D eigenvalue weighted by Crippen LogP contribution is 2.29. The third kappa shape index (κ3) is 1.13. The maximum atomic E-state index is 5.85. The molecule has 0 saturated heterocycles. The van der Waals surface area contributed by atoms with Gasteiger partial charge in [0.1, 0.15) is 0 Å². The van der Waals surface area contributed by atoms with E-state index < -0.39 is 0 Å². The van der Waals surface area contributed by atoms with Gasteiger partial charge in [0.25, 0.3) is 0 Å². The number of nitrogens with zero attached hydrogens (tertiary/aromatic N) is 1. The Morgan fingerprint density at radius 1 is 1.50 bits per heavy atom. The summed E-state index contributed by atoms with van der Waals surface area (Å²) < 4.78 is 5.92. The summed E-state index contributed by atoms with van der Waals surface area (Å²) in [5.74, 6) is 0. The van der Waals surface area contributed by atoms with Gasteiger partial charge in [0, 0.05) is 10.4 Å². The number of halogens is 2. The second kappa shape index (κ2) is 2.75. The van der Waals surface area contributed by atoms with Crippen molar-refractivity contribution in [2.24, 2.45) is 0 Å². The molecule has 0 radical (unpaired) electrons. The van der Waals surface area contributed by atoms with Crippen molar-refractivity contribution >= 4 is 38.5 Å². The lowest BCUT2D eigenvalue weighted by molar-refractivity contribution is 0.449. The zero-order valence-electron chi connectivity index (χ0n) is 6.27. The summed E-state index contributed by atoms with van der Waals surface area (Å²) >= 11 is 9.20. The highest BCUT2D eigenvalue weighted by molar-refractivity contribution is 9.10. The molecule has 1 heterocycles. The topological polar surface area (TPSA) is 26.0 Å². The summed E-state index contributed by atoms with van der Waals surface area (Å²) in [7, 11) is 0. The van der Waals surface area contributed by atoms with Crippen LogP contribution in [0.2, 0.25) is 5.02 Å². The van der Waals surface area contributed by atoms with Gasteiger partial charge >= 0.3 is 0 Å². The lowest BCUT2D eigenvalue weighted by Gasteiger charge is -1.92. The molecule has 4 heteroatoms. The second-order valence-corrected chi connectivity index (χ2v) is 3.82. The minimum Gasteiger partial charge on any atom is -0.355 e. The molecule has 0 aliphatic rings. The van der Waals surface area contributed by atoms with Gasteiger partial charge in [0.2, 0.25) is 0 Å². The number of fused-ring (bicyclic) bond motifs is 1. The monoisotopic (exact) mass is 245 g/mol. The summed E-state index contributed by atoms with van der Waals surface area (Å²) in [6.07, 6.45) is 0. The molecule has 1 aromatic heterocycles. The lowest BCUT2D eigenvalue weighted by atomic mass is 10.2. The molecule has 0 aliphatic heterocycles. The molecule has 2 nitrogen and oxygen atoms in total. The first-order chi connectivity index (χ1) is 5.68. The molecule has 0 fully saturated rings. The molecule has 0 amide bonds. The Morgan fingerprint density at radius 3 is 3.00 bits per heavy atom. The average Bonchev–Trinajstić information content (AvgIpc) is 2.33. The first-order valence-corrected chi connectivity index (χ1v) is 4.56. The fraction of sp³-hybridized carbons (Fsp3) is 0.125. The summed E-state index contributed by atoms with van der Waals surface area (Å²) in [5, 5.41) is 5.47. The first-order valence-electron chi connectivity index (χ1n) is 3.39. The quantitative estimate of drug-likeness (QED) is 0.710. The minimum atomic E-state index is 0.681. The van der Waals surface area contributed by atoms with E-state index in [9.17, 15) is 0 Å². The highest BCUT2D eigenvalue weighted by Gasteiger charge is 2.08. The smallest absolute Gasteiger partial charge is 0.181 e. The van der Waals surface area contributed by atoms with Crippen LogP contribution < -0.4 is 0 Å². The maximum Gasteiger partial charge on any atom is 0.181 e. The molecule has 2 rings (SSSR count). The Kier molecular flexibility index (Phi) is 1.85. The van der Waals surface area contributed by atoms with Crippen LogP contribution in [0.5, 0.6) is 0 Å². The van der Waals surface area contributed by atoms with Crippen molar-refractivity contribution in [3.63, 3.8) is 0 Å². The highest BCUT2D eigenvalue weighted by atomic mass is 79.9. The standard InChI is InChI=1S/C8H5BrClNO/c1-4-6-2-5(10)3-7(9)8(6)12-11-4/h2-3H,1H3. The molecule has 0 unspecified atom stereocenters. The maximum absolute atomic E-state index is 5.85. The van der Waals surface area contributed by atoms with E-state index in [1.54, 1.807) is 6.07 Å². The van der Waals surface area contributed by atoms with E-state index in [0.717, 1.165) is 21.1 Å². The van der Waals surface area contributed by atoms with E-state index in [1.165, 1.54) is 0 Å². The zero-order chi connectivity index (χ0) is 8.72. The van der Waals surface area contributed by atoms with E-state index >= 15 is 0 Å². The normalized spacial score (nSPS) is 10.9. The van der Waals surface area contributed by atoms with Gasteiger partial charge in [0.05, 0.1) is 10.2 Å². The molecule has 0 bridgehead atoms. The van der Waals surface area contributed by atoms with E-state index in [4.69, 9.17) is 16.1 Å². The van der Waals surface area contributed by atoms with Crippen molar-refractivity contribution in [3.8, 4) is 0 Å². The summed E-state index contributed by atoms with van der Waals surface area (Å²) in [4.78, 5) is 0. The van der Waals surface area contributed by atoms with E-state index in [1.807, 2.05) is 13.0 Å². The van der Waals surface area contributed by atoms with Crippen molar-refractivity contribution in [1.29, 1.82) is 0 Å². The number of rotatable bonds is 0. The van der Waals surface area contributed by atoms with Gasteiger partial charge in [0.15, 0.2) is 5.58 Å². The van der Waals surface area contributed by atoms with Crippen molar-refractivity contribution in [2.45, 2.75) is 6.92 Å². The summed E-state index contributed by atoms with van der Waals surface area (Å²) in [5.41, 5.74) is 1.60. The van der Waals surface area contributed by atoms with Crippen LogP contribution in [0.15, 0.2) is 21.1 Å². The SMILES string of the molecule is Cc1noc2c(Br)cc(Cl)cc12. The van der Waals surface area contributed by atoms with Gasteiger partial charge in [-0.2, -0.15) is 0 Å². The predicted molar refractivity (Wildman–Crippen MR) is 51.5 cm³/mol. The predicted octanol–water partition coefficient (Wildman–Crippen LogP) is 3.55. The third-order valence-corrected chi connectivity index (χ3v) is 2.48. The molecule has 62 valence electrons.